The summed E-state index contributed by atoms with van der Waals surface area (Å²) in [5.74, 6) is -0.232. The third-order valence-electron chi connectivity index (χ3n) is 2.21. The zero-order chi connectivity index (χ0) is 12.0. The molecule has 4 nitrogen and oxygen atoms in total. The van der Waals surface area contributed by atoms with Crippen molar-refractivity contribution in [2.45, 2.75) is 25.5 Å². The van der Waals surface area contributed by atoms with Gasteiger partial charge in [0.2, 0.25) is 5.91 Å². The summed E-state index contributed by atoms with van der Waals surface area (Å²) in [6, 6.07) is 9.04. The van der Waals surface area contributed by atoms with Crippen LogP contribution in [0.15, 0.2) is 30.3 Å². The smallest absolute Gasteiger partial charge is 0.237 e. The number of nitrogens with one attached hydrogen (secondary N) is 1. The summed E-state index contributed by atoms with van der Waals surface area (Å²) < 4.78 is 0. The molecule has 0 aromatic heterocycles. The first-order chi connectivity index (χ1) is 7.59. The Bertz CT molecular complexity index is 325. The third kappa shape index (κ3) is 4.42. The molecular weight excluding hydrogens is 204 g/mol. The second-order valence-corrected chi connectivity index (χ2v) is 3.89. The number of amides is 1. The Morgan fingerprint density at radius 2 is 2.06 bits per heavy atom. The molecule has 0 aliphatic carbocycles. The number of aliphatic hydroxyl groups is 1. The van der Waals surface area contributed by atoms with Gasteiger partial charge in [0.25, 0.3) is 0 Å². The van der Waals surface area contributed by atoms with E-state index < -0.39 is 12.1 Å². The van der Waals surface area contributed by atoms with E-state index in [9.17, 15) is 4.79 Å². The zero-order valence-electron chi connectivity index (χ0n) is 9.39. The Balaban J connectivity index is 2.40. The summed E-state index contributed by atoms with van der Waals surface area (Å²) in [6.45, 7) is 1.85. The lowest BCUT2D eigenvalue weighted by Crippen LogP contribution is -2.44. The minimum atomic E-state index is -0.568. The van der Waals surface area contributed by atoms with Crippen molar-refractivity contribution in [3.8, 4) is 0 Å². The average Bonchev–Trinajstić information content (AvgIpc) is 2.27. The SMILES string of the molecule is C[C@@H](O)CNC(=O)[C@@H](N)Cc1ccccc1. The first-order valence-electron chi connectivity index (χ1n) is 5.35. The second-order valence-electron chi connectivity index (χ2n) is 3.89. The van der Waals surface area contributed by atoms with Crippen LogP contribution < -0.4 is 11.1 Å². The van der Waals surface area contributed by atoms with Gasteiger partial charge in [-0.25, -0.2) is 0 Å². The first kappa shape index (κ1) is 12.7. The second kappa shape index (κ2) is 6.25. The number of benzene rings is 1. The van der Waals surface area contributed by atoms with E-state index in [-0.39, 0.29) is 12.5 Å². The van der Waals surface area contributed by atoms with Crippen LogP contribution in [0.2, 0.25) is 0 Å². The fourth-order valence-corrected chi connectivity index (χ4v) is 1.34. The Kier molecular flexibility index (Phi) is 4.95. The number of carbonyl (C=O) groups excluding carboxylic acids is 1. The van der Waals surface area contributed by atoms with E-state index in [1.54, 1.807) is 6.92 Å². The van der Waals surface area contributed by atoms with E-state index in [4.69, 9.17) is 10.8 Å². The Morgan fingerprint density at radius 1 is 1.44 bits per heavy atom. The molecule has 88 valence electrons. The molecule has 4 heteroatoms. The van der Waals surface area contributed by atoms with Gasteiger partial charge in [-0.1, -0.05) is 30.3 Å². The van der Waals surface area contributed by atoms with Gasteiger partial charge in [0, 0.05) is 6.54 Å². The molecular formula is C12H18N2O2. The summed E-state index contributed by atoms with van der Waals surface area (Å²) in [5, 5.41) is 11.6. The van der Waals surface area contributed by atoms with Gasteiger partial charge >= 0.3 is 0 Å². The van der Waals surface area contributed by atoms with Crippen molar-refractivity contribution in [3.63, 3.8) is 0 Å². The number of hydrogen-bond acceptors (Lipinski definition) is 3. The lowest BCUT2D eigenvalue weighted by atomic mass is 10.1. The van der Waals surface area contributed by atoms with Crippen LogP contribution in [0.1, 0.15) is 12.5 Å². The van der Waals surface area contributed by atoms with Crippen molar-refractivity contribution < 1.29 is 9.90 Å². The molecule has 0 spiro atoms. The monoisotopic (exact) mass is 222 g/mol. The van der Waals surface area contributed by atoms with E-state index in [1.807, 2.05) is 30.3 Å². The Labute approximate surface area is 95.5 Å². The van der Waals surface area contributed by atoms with Crippen molar-refractivity contribution >= 4 is 5.91 Å². The highest BCUT2D eigenvalue weighted by Crippen LogP contribution is 2.01. The van der Waals surface area contributed by atoms with Gasteiger partial charge in [-0.15, -0.1) is 0 Å². The molecule has 1 rings (SSSR count). The number of hydrogen-bond donors (Lipinski definition) is 3. The molecule has 1 aromatic carbocycles. The molecule has 1 amide bonds. The minimum Gasteiger partial charge on any atom is -0.392 e. The summed E-state index contributed by atoms with van der Waals surface area (Å²) in [7, 11) is 0. The van der Waals surface area contributed by atoms with Crippen LogP contribution in [0.4, 0.5) is 0 Å². The largest absolute Gasteiger partial charge is 0.392 e. The molecule has 0 aliphatic heterocycles. The van der Waals surface area contributed by atoms with E-state index in [0.717, 1.165) is 5.56 Å². The highest BCUT2D eigenvalue weighted by atomic mass is 16.3. The van der Waals surface area contributed by atoms with E-state index in [2.05, 4.69) is 5.32 Å². The third-order valence-corrected chi connectivity index (χ3v) is 2.21. The molecule has 4 N–H and O–H groups in total. The van der Waals surface area contributed by atoms with Crippen molar-refractivity contribution in [1.82, 2.24) is 5.32 Å². The maximum Gasteiger partial charge on any atom is 0.237 e. The highest BCUT2D eigenvalue weighted by Gasteiger charge is 2.13. The van der Waals surface area contributed by atoms with Crippen LogP contribution in [0.25, 0.3) is 0 Å². The zero-order valence-corrected chi connectivity index (χ0v) is 9.39. The normalized spacial score (nSPS) is 14.2. The van der Waals surface area contributed by atoms with Crippen LogP contribution in [0.5, 0.6) is 0 Å². The standard InChI is InChI=1S/C12H18N2O2/c1-9(15)8-14-12(16)11(13)7-10-5-3-2-4-6-10/h2-6,9,11,15H,7-8,13H2,1H3,(H,14,16)/t9-,11+/m1/s1. The van der Waals surface area contributed by atoms with Gasteiger partial charge in [0.1, 0.15) is 0 Å². The van der Waals surface area contributed by atoms with Gasteiger partial charge in [-0.05, 0) is 18.9 Å². The molecule has 1 aromatic rings. The quantitative estimate of drug-likeness (QED) is 0.659. The topological polar surface area (TPSA) is 75.3 Å². The first-order valence-corrected chi connectivity index (χ1v) is 5.35. The van der Waals surface area contributed by atoms with Gasteiger partial charge in [-0.3, -0.25) is 4.79 Å². The van der Waals surface area contributed by atoms with Crippen molar-refractivity contribution in [3.05, 3.63) is 35.9 Å². The van der Waals surface area contributed by atoms with E-state index in [1.165, 1.54) is 0 Å². The molecule has 0 bridgehead atoms. The van der Waals surface area contributed by atoms with Crippen LogP contribution in [0, 0.1) is 0 Å². The molecule has 0 saturated heterocycles. The number of rotatable bonds is 5. The number of carbonyl (C=O) groups is 1. The van der Waals surface area contributed by atoms with Crippen molar-refractivity contribution in [2.24, 2.45) is 5.73 Å². The molecule has 0 radical (unpaired) electrons. The fraction of sp³-hybridized carbons (Fsp3) is 0.417. The van der Waals surface area contributed by atoms with Crippen LogP contribution in [-0.4, -0.2) is 29.7 Å². The lowest BCUT2D eigenvalue weighted by Gasteiger charge is -2.13. The van der Waals surface area contributed by atoms with E-state index >= 15 is 0 Å². The van der Waals surface area contributed by atoms with Gasteiger partial charge in [0.15, 0.2) is 0 Å². The summed E-state index contributed by atoms with van der Waals surface area (Å²) in [4.78, 5) is 11.5. The molecule has 2 atom stereocenters. The van der Waals surface area contributed by atoms with Crippen molar-refractivity contribution in [1.29, 1.82) is 0 Å². The van der Waals surface area contributed by atoms with Gasteiger partial charge in [-0.2, -0.15) is 0 Å². The van der Waals surface area contributed by atoms with Gasteiger partial charge in [0.05, 0.1) is 12.1 Å². The molecule has 16 heavy (non-hydrogen) atoms. The number of aliphatic hydroxyl groups excluding tert-OH is 1. The lowest BCUT2D eigenvalue weighted by molar-refractivity contribution is -0.122. The molecule has 0 saturated carbocycles. The van der Waals surface area contributed by atoms with E-state index in [0.29, 0.717) is 6.42 Å². The van der Waals surface area contributed by atoms with Crippen molar-refractivity contribution in [2.75, 3.05) is 6.54 Å². The van der Waals surface area contributed by atoms with Crippen LogP contribution >= 0.6 is 0 Å². The summed E-state index contributed by atoms with van der Waals surface area (Å²) >= 11 is 0. The Hall–Kier alpha value is -1.39. The maximum absolute atomic E-state index is 11.5. The Morgan fingerprint density at radius 3 is 2.62 bits per heavy atom. The maximum atomic E-state index is 11.5. The predicted molar refractivity (Wildman–Crippen MR) is 62.8 cm³/mol. The molecule has 0 aliphatic rings. The predicted octanol–water partition coefficient (Wildman–Crippen LogP) is 0.0534. The fourth-order valence-electron chi connectivity index (χ4n) is 1.34. The molecule has 0 unspecified atom stereocenters. The van der Waals surface area contributed by atoms with Crippen LogP contribution in [0.3, 0.4) is 0 Å². The summed E-state index contributed by atoms with van der Waals surface area (Å²) in [6.07, 6.45) is -0.0418. The molecule has 0 fully saturated rings. The summed E-state index contributed by atoms with van der Waals surface area (Å²) in [5.41, 5.74) is 6.77. The highest BCUT2D eigenvalue weighted by molar-refractivity contribution is 5.81. The molecule has 0 heterocycles. The van der Waals surface area contributed by atoms with Crippen LogP contribution in [-0.2, 0) is 11.2 Å². The minimum absolute atomic E-state index is 0.232. The average molecular weight is 222 g/mol. The number of nitrogens with two attached hydrogens (primary N) is 1. The van der Waals surface area contributed by atoms with Gasteiger partial charge < -0.3 is 16.2 Å².